The topological polar surface area (TPSA) is 78.0 Å². The minimum absolute atomic E-state index is 0.0487. The van der Waals surface area contributed by atoms with Crippen LogP contribution in [0.5, 0.6) is 0 Å². The molecule has 1 aliphatic heterocycles. The summed E-state index contributed by atoms with van der Waals surface area (Å²) in [5, 5.41) is 3.83. The van der Waals surface area contributed by atoms with Gasteiger partial charge in [-0.3, -0.25) is 19.3 Å². The molecule has 0 spiro atoms. The van der Waals surface area contributed by atoms with E-state index in [1.807, 2.05) is 30.7 Å². The standard InChI is InChI=1S/C15H19N3O4S/c1-10(2)6-17-13(20)14(21)18(15(17)22)8-12(19)16(3)7-11-4-5-23-9-11/h4-5,9-10H,6-8H2,1-3H3. The molecule has 0 unspecified atom stereocenters. The third kappa shape index (κ3) is 3.76. The van der Waals surface area contributed by atoms with E-state index >= 15 is 0 Å². The number of thiophene rings is 1. The van der Waals surface area contributed by atoms with Crippen LogP contribution in [-0.2, 0) is 20.9 Å². The van der Waals surface area contributed by atoms with Crippen molar-refractivity contribution in [1.29, 1.82) is 0 Å². The first-order chi connectivity index (χ1) is 10.8. The van der Waals surface area contributed by atoms with Crippen molar-refractivity contribution in [2.45, 2.75) is 20.4 Å². The fraction of sp³-hybridized carbons (Fsp3) is 0.467. The van der Waals surface area contributed by atoms with Crippen molar-refractivity contribution in [1.82, 2.24) is 14.7 Å². The van der Waals surface area contributed by atoms with Crippen LogP contribution in [0, 0.1) is 5.92 Å². The quantitative estimate of drug-likeness (QED) is 0.576. The van der Waals surface area contributed by atoms with E-state index in [0.717, 1.165) is 15.4 Å². The van der Waals surface area contributed by atoms with Crippen LogP contribution < -0.4 is 0 Å². The number of likely N-dealkylation sites (N-methyl/N-ethyl adjacent to an activating group) is 1. The predicted octanol–water partition coefficient (Wildman–Crippen LogP) is 1.15. The number of imide groups is 2. The Kier molecular flexibility index (Phi) is 5.15. The van der Waals surface area contributed by atoms with Crippen LogP contribution in [0.3, 0.4) is 0 Å². The number of carbonyl (C=O) groups is 4. The number of hydrogen-bond acceptors (Lipinski definition) is 5. The van der Waals surface area contributed by atoms with Crippen molar-refractivity contribution >= 4 is 35.1 Å². The molecule has 5 amide bonds. The summed E-state index contributed by atoms with van der Waals surface area (Å²) in [4.78, 5) is 51.2. The van der Waals surface area contributed by atoms with E-state index in [9.17, 15) is 19.2 Å². The number of nitrogens with zero attached hydrogens (tertiary/aromatic N) is 3. The smallest absolute Gasteiger partial charge is 0.334 e. The summed E-state index contributed by atoms with van der Waals surface area (Å²) < 4.78 is 0. The number of rotatable bonds is 6. The highest BCUT2D eigenvalue weighted by molar-refractivity contribution is 7.07. The minimum atomic E-state index is -0.937. The molecular weight excluding hydrogens is 318 g/mol. The van der Waals surface area contributed by atoms with E-state index in [1.54, 1.807) is 7.05 Å². The molecule has 1 aromatic rings. The summed E-state index contributed by atoms with van der Waals surface area (Å²) in [6, 6.07) is 1.18. The molecule has 0 radical (unpaired) electrons. The van der Waals surface area contributed by atoms with E-state index in [1.165, 1.54) is 16.2 Å². The molecule has 0 bridgehead atoms. The zero-order valence-corrected chi connectivity index (χ0v) is 14.1. The summed E-state index contributed by atoms with van der Waals surface area (Å²) in [5.41, 5.74) is 0.974. The number of urea groups is 1. The minimum Gasteiger partial charge on any atom is -0.340 e. The Morgan fingerprint density at radius 3 is 2.43 bits per heavy atom. The zero-order chi connectivity index (χ0) is 17.1. The Balaban J connectivity index is 2.01. The van der Waals surface area contributed by atoms with Gasteiger partial charge in [-0.05, 0) is 28.3 Å². The molecule has 1 aromatic heterocycles. The molecule has 2 rings (SSSR count). The fourth-order valence-corrected chi connectivity index (χ4v) is 2.88. The van der Waals surface area contributed by atoms with Crippen molar-refractivity contribution in [3.8, 4) is 0 Å². The monoisotopic (exact) mass is 337 g/mol. The summed E-state index contributed by atoms with van der Waals surface area (Å²) in [7, 11) is 1.60. The van der Waals surface area contributed by atoms with Gasteiger partial charge >= 0.3 is 17.8 Å². The van der Waals surface area contributed by atoms with E-state index in [2.05, 4.69) is 0 Å². The molecule has 0 saturated carbocycles. The SMILES string of the molecule is CC(C)CN1C(=O)C(=O)N(CC(=O)N(C)Cc2ccsc2)C1=O. The van der Waals surface area contributed by atoms with Crippen molar-refractivity contribution < 1.29 is 19.2 Å². The Labute approximate surface area is 138 Å². The van der Waals surface area contributed by atoms with Crippen molar-refractivity contribution in [2.75, 3.05) is 20.1 Å². The van der Waals surface area contributed by atoms with Crippen LogP contribution >= 0.6 is 11.3 Å². The molecule has 124 valence electrons. The maximum atomic E-state index is 12.2. The van der Waals surface area contributed by atoms with Crippen LogP contribution in [0.2, 0.25) is 0 Å². The largest absolute Gasteiger partial charge is 0.340 e. The van der Waals surface area contributed by atoms with E-state index in [-0.39, 0.29) is 12.5 Å². The Hall–Kier alpha value is -2.22. The highest BCUT2D eigenvalue weighted by Crippen LogP contribution is 2.15. The van der Waals surface area contributed by atoms with Gasteiger partial charge in [-0.1, -0.05) is 13.8 Å². The molecule has 1 fully saturated rings. The van der Waals surface area contributed by atoms with Gasteiger partial charge in [0.25, 0.3) is 0 Å². The second-order valence-electron chi connectivity index (χ2n) is 5.86. The lowest BCUT2D eigenvalue weighted by atomic mass is 10.2. The maximum absolute atomic E-state index is 12.2. The Morgan fingerprint density at radius 1 is 1.22 bits per heavy atom. The van der Waals surface area contributed by atoms with Gasteiger partial charge in [0.1, 0.15) is 6.54 Å². The highest BCUT2D eigenvalue weighted by Gasteiger charge is 2.45. The first-order valence-corrected chi connectivity index (χ1v) is 8.18. The average molecular weight is 337 g/mol. The predicted molar refractivity (Wildman–Crippen MR) is 84.5 cm³/mol. The van der Waals surface area contributed by atoms with E-state index < -0.39 is 30.3 Å². The van der Waals surface area contributed by atoms with Gasteiger partial charge in [0.05, 0.1) is 0 Å². The summed E-state index contributed by atoms with van der Waals surface area (Å²) >= 11 is 1.53. The molecule has 1 aliphatic rings. The van der Waals surface area contributed by atoms with Gasteiger partial charge in [-0.25, -0.2) is 9.69 Å². The van der Waals surface area contributed by atoms with Crippen molar-refractivity contribution in [3.63, 3.8) is 0 Å². The lowest BCUT2D eigenvalue weighted by Gasteiger charge is -2.20. The van der Waals surface area contributed by atoms with Gasteiger partial charge < -0.3 is 4.90 Å². The highest BCUT2D eigenvalue weighted by atomic mass is 32.1. The number of hydrogen-bond donors (Lipinski definition) is 0. The molecule has 7 nitrogen and oxygen atoms in total. The van der Waals surface area contributed by atoms with Gasteiger partial charge in [-0.15, -0.1) is 0 Å². The van der Waals surface area contributed by atoms with Crippen LogP contribution in [0.25, 0.3) is 0 Å². The van der Waals surface area contributed by atoms with Gasteiger partial charge in [0.2, 0.25) is 5.91 Å². The normalized spacial score (nSPS) is 15.0. The van der Waals surface area contributed by atoms with E-state index in [4.69, 9.17) is 0 Å². The third-order valence-electron chi connectivity index (χ3n) is 3.40. The lowest BCUT2D eigenvalue weighted by Crippen LogP contribution is -2.42. The molecule has 1 saturated heterocycles. The summed E-state index contributed by atoms with van der Waals surface area (Å²) in [6.45, 7) is 3.82. The second kappa shape index (κ2) is 6.91. The molecule has 23 heavy (non-hydrogen) atoms. The molecule has 0 N–H and O–H groups in total. The maximum Gasteiger partial charge on any atom is 0.334 e. The Bertz CT molecular complexity index is 627. The van der Waals surface area contributed by atoms with Crippen LogP contribution in [0.4, 0.5) is 4.79 Å². The van der Waals surface area contributed by atoms with E-state index in [0.29, 0.717) is 6.54 Å². The molecule has 0 aliphatic carbocycles. The van der Waals surface area contributed by atoms with Crippen LogP contribution in [0.15, 0.2) is 16.8 Å². The number of amides is 5. The van der Waals surface area contributed by atoms with Gasteiger partial charge in [0.15, 0.2) is 0 Å². The number of carbonyl (C=O) groups excluding carboxylic acids is 4. The molecule has 0 atom stereocenters. The van der Waals surface area contributed by atoms with Crippen LogP contribution in [0.1, 0.15) is 19.4 Å². The fourth-order valence-electron chi connectivity index (χ4n) is 2.22. The van der Waals surface area contributed by atoms with Crippen molar-refractivity contribution in [2.24, 2.45) is 5.92 Å². The first-order valence-electron chi connectivity index (χ1n) is 7.23. The zero-order valence-electron chi connectivity index (χ0n) is 13.3. The molecular formula is C15H19N3O4S. The van der Waals surface area contributed by atoms with Crippen molar-refractivity contribution in [3.05, 3.63) is 22.4 Å². The second-order valence-corrected chi connectivity index (χ2v) is 6.64. The average Bonchev–Trinajstić information content (AvgIpc) is 3.05. The molecule has 2 heterocycles. The summed E-state index contributed by atoms with van der Waals surface area (Å²) in [6.07, 6.45) is 0. The third-order valence-corrected chi connectivity index (χ3v) is 4.13. The summed E-state index contributed by atoms with van der Waals surface area (Å²) in [5.74, 6) is -2.14. The van der Waals surface area contributed by atoms with Gasteiger partial charge in [-0.2, -0.15) is 11.3 Å². The molecule has 0 aromatic carbocycles. The lowest BCUT2D eigenvalue weighted by molar-refractivity contribution is -0.144. The molecule has 8 heteroatoms. The van der Waals surface area contributed by atoms with Crippen LogP contribution in [-0.4, -0.2) is 58.6 Å². The Morgan fingerprint density at radius 2 is 1.87 bits per heavy atom. The first kappa shape index (κ1) is 17.1. The van der Waals surface area contributed by atoms with Gasteiger partial charge in [0, 0.05) is 20.1 Å².